The first-order valence-electron chi connectivity index (χ1n) is 12.3. The summed E-state index contributed by atoms with van der Waals surface area (Å²) < 4.78 is 61.3. The van der Waals surface area contributed by atoms with Crippen LogP contribution in [0, 0.1) is 11.6 Å². The van der Waals surface area contributed by atoms with Gasteiger partial charge in [0, 0.05) is 18.8 Å². The van der Waals surface area contributed by atoms with Crippen molar-refractivity contribution in [3.8, 4) is 5.75 Å². The smallest absolute Gasteiger partial charge is 0.264 e. The lowest BCUT2D eigenvalue weighted by molar-refractivity contribution is -0.119. The van der Waals surface area contributed by atoms with E-state index in [1.54, 1.807) is 15.7 Å². The van der Waals surface area contributed by atoms with E-state index in [9.17, 15) is 22.0 Å². The van der Waals surface area contributed by atoms with E-state index >= 15 is 0 Å². The number of aromatic nitrogens is 5. The number of rotatable bonds is 11. The lowest BCUT2D eigenvalue weighted by Gasteiger charge is -2.14. The van der Waals surface area contributed by atoms with Gasteiger partial charge in [-0.3, -0.25) is 9.48 Å². The van der Waals surface area contributed by atoms with Crippen LogP contribution in [0.3, 0.4) is 0 Å². The summed E-state index contributed by atoms with van der Waals surface area (Å²) in [5, 5.41) is 13.1. The number of benzene rings is 3. The van der Waals surface area contributed by atoms with Gasteiger partial charge in [-0.15, -0.1) is 0 Å². The second kappa shape index (κ2) is 11.6. The molecule has 0 spiro atoms. The van der Waals surface area contributed by atoms with Crippen LogP contribution in [0.1, 0.15) is 17.5 Å². The molecule has 0 aliphatic heterocycles. The number of aryl methyl sites for hydroxylation is 1. The zero-order chi connectivity index (χ0) is 28.1. The number of amides is 1. The molecular weight excluding hydrogens is 542 g/mol. The monoisotopic (exact) mass is 566 g/mol. The van der Waals surface area contributed by atoms with Crippen LogP contribution in [0.2, 0.25) is 0 Å². The SMILES string of the molecule is O=C(CCc1ccc(Cn2cccn2)cc1OCCn1nc2ccccc2n1)NS(=O)(=O)c1ccc(F)c(F)c1. The second-order valence-corrected chi connectivity index (χ2v) is 10.6. The van der Waals surface area contributed by atoms with Gasteiger partial charge in [-0.05, 0) is 60.0 Å². The average molecular weight is 567 g/mol. The van der Waals surface area contributed by atoms with E-state index in [1.807, 2.05) is 59.4 Å². The topological polar surface area (TPSA) is 121 Å². The molecule has 0 aliphatic rings. The minimum atomic E-state index is -4.37. The third kappa shape index (κ3) is 6.49. The van der Waals surface area contributed by atoms with Crippen LogP contribution >= 0.6 is 0 Å². The van der Waals surface area contributed by atoms with Crippen LogP contribution in [0.25, 0.3) is 11.0 Å². The summed E-state index contributed by atoms with van der Waals surface area (Å²) in [6, 6.07) is 17.0. The van der Waals surface area contributed by atoms with Crippen molar-refractivity contribution < 1.29 is 26.7 Å². The lowest BCUT2D eigenvalue weighted by atomic mass is 10.1. The molecule has 10 nitrogen and oxygen atoms in total. The quantitative estimate of drug-likeness (QED) is 0.260. The number of ether oxygens (including phenoxy) is 1. The zero-order valence-corrected chi connectivity index (χ0v) is 21.9. The number of nitrogens with zero attached hydrogens (tertiary/aromatic N) is 5. The third-order valence-electron chi connectivity index (χ3n) is 5.98. The van der Waals surface area contributed by atoms with Crippen LogP contribution in [-0.2, 0) is 34.3 Å². The zero-order valence-electron chi connectivity index (χ0n) is 21.1. The van der Waals surface area contributed by atoms with E-state index in [0.717, 1.165) is 22.7 Å². The predicted octanol–water partition coefficient (Wildman–Crippen LogP) is 3.47. The summed E-state index contributed by atoms with van der Waals surface area (Å²) in [6.45, 7) is 1.13. The summed E-state index contributed by atoms with van der Waals surface area (Å²) in [7, 11) is -4.37. The van der Waals surface area contributed by atoms with E-state index in [4.69, 9.17) is 4.74 Å². The van der Waals surface area contributed by atoms with Crippen LogP contribution in [0.5, 0.6) is 5.75 Å². The minimum Gasteiger partial charge on any atom is -0.491 e. The van der Waals surface area contributed by atoms with Gasteiger partial charge in [0.25, 0.3) is 10.0 Å². The highest BCUT2D eigenvalue weighted by Gasteiger charge is 2.20. The van der Waals surface area contributed by atoms with Crippen molar-refractivity contribution in [1.29, 1.82) is 0 Å². The van der Waals surface area contributed by atoms with Gasteiger partial charge in [0.2, 0.25) is 5.91 Å². The first-order chi connectivity index (χ1) is 19.3. The number of nitrogens with one attached hydrogen (secondary N) is 1. The van der Waals surface area contributed by atoms with Crippen molar-refractivity contribution in [2.45, 2.75) is 30.8 Å². The molecule has 40 heavy (non-hydrogen) atoms. The number of hydrogen-bond acceptors (Lipinski definition) is 7. The van der Waals surface area contributed by atoms with Crippen molar-refractivity contribution >= 4 is 27.0 Å². The van der Waals surface area contributed by atoms with Gasteiger partial charge >= 0.3 is 0 Å². The van der Waals surface area contributed by atoms with Crippen molar-refractivity contribution in [2.24, 2.45) is 0 Å². The molecule has 3 aromatic carbocycles. The van der Waals surface area contributed by atoms with Gasteiger partial charge in [-0.25, -0.2) is 21.9 Å². The number of hydrogen-bond donors (Lipinski definition) is 1. The largest absolute Gasteiger partial charge is 0.491 e. The Bertz CT molecular complexity index is 1720. The molecule has 0 unspecified atom stereocenters. The standard InChI is InChI=1S/C27H24F2N6O4S/c28-22-10-9-21(17-23(22)29)40(37,38)33-27(36)11-8-20-7-6-19(18-34-13-3-12-30-34)16-26(20)39-15-14-35-31-24-4-1-2-5-25(24)32-35/h1-7,9-10,12-13,16-17H,8,11,14-15,18H2,(H,33,36). The van der Waals surface area contributed by atoms with Crippen LogP contribution < -0.4 is 9.46 Å². The number of halogens is 2. The Morgan fingerprint density at radius 3 is 2.42 bits per heavy atom. The average Bonchev–Trinajstić information content (AvgIpc) is 3.59. The Balaban J connectivity index is 1.26. The number of fused-ring (bicyclic) bond motifs is 1. The van der Waals surface area contributed by atoms with Gasteiger partial charge < -0.3 is 4.74 Å². The van der Waals surface area contributed by atoms with Gasteiger partial charge in [0.1, 0.15) is 23.4 Å². The molecule has 0 atom stereocenters. The third-order valence-corrected chi connectivity index (χ3v) is 7.35. The van der Waals surface area contributed by atoms with E-state index in [1.165, 1.54) is 0 Å². The predicted molar refractivity (Wildman–Crippen MR) is 141 cm³/mol. The van der Waals surface area contributed by atoms with Crippen molar-refractivity contribution in [1.82, 2.24) is 29.5 Å². The first kappa shape index (κ1) is 26.9. The van der Waals surface area contributed by atoms with E-state index < -0.39 is 32.5 Å². The molecule has 0 fully saturated rings. The maximum absolute atomic E-state index is 13.5. The highest BCUT2D eigenvalue weighted by atomic mass is 32.2. The summed E-state index contributed by atoms with van der Waals surface area (Å²) in [5.74, 6) is -2.79. The second-order valence-electron chi connectivity index (χ2n) is 8.88. The van der Waals surface area contributed by atoms with Crippen molar-refractivity contribution in [3.63, 3.8) is 0 Å². The molecule has 5 aromatic rings. The minimum absolute atomic E-state index is 0.167. The van der Waals surface area contributed by atoms with Gasteiger partial charge in [-0.2, -0.15) is 20.1 Å². The van der Waals surface area contributed by atoms with Crippen molar-refractivity contribution in [2.75, 3.05) is 6.61 Å². The maximum Gasteiger partial charge on any atom is 0.264 e. The fourth-order valence-electron chi connectivity index (χ4n) is 4.01. The van der Waals surface area contributed by atoms with Crippen LogP contribution in [-0.4, -0.2) is 45.7 Å². The molecule has 1 N–H and O–H groups in total. The van der Waals surface area contributed by atoms with Gasteiger partial charge in [0.15, 0.2) is 11.6 Å². The van der Waals surface area contributed by atoms with E-state index in [-0.39, 0.29) is 19.4 Å². The number of carbonyl (C=O) groups excluding carboxylic acids is 1. The van der Waals surface area contributed by atoms with Gasteiger partial charge in [0.05, 0.1) is 18.0 Å². The molecule has 0 radical (unpaired) electrons. The molecule has 0 aliphatic carbocycles. The highest BCUT2D eigenvalue weighted by Crippen LogP contribution is 2.23. The van der Waals surface area contributed by atoms with E-state index in [0.29, 0.717) is 36.5 Å². The summed E-state index contributed by atoms with van der Waals surface area (Å²) in [6.07, 6.45) is 3.49. The van der Waals surface area contributed by atoms with Crippen LogP contribution in [0.15, 0.2) is 84.0 Å². The normalized spacial score (nSPS) is 11.6. The van der Waals surface area contributed by atoms with Crippen molar-refractivity contribution in [3.05, 3.63) is 102 Å². The molecular formula is C27H24F2N6O4S. The molecule has 206 valence electrons. The molecule has 1 amide bonds. The Morgan fingerprint density at radius 2 is 1.73 bits per heavy atom. The Hall–Kier alpha value is -4.65. The molecule has 0 saturated carbocycles. The molecule has 13 heteroatoms. The number of carbonyl (C=O) groups is 1. The summed E-state index contributed by atoms with van der Waals surface area (Å²) in [5.41, 5.74) is 3.14. The Labute approximate surface area is 228 Å². The lowest BCUT2D eigenvalue weighted by Crippen LogP contribution is -2.30. The van der Waals surface area contributed by atoms with Gasteiger partial charge in [-0.1, -0.05) is 24.3 Å². The van der Waals surface area contributed by atoms with Crippen LogP contribution in [0.4, 0.5) is 8.78 Å². The highest BCUT2D eigenvalue weighted by molar-refractivity contribution is 7.90. The fourth-order valence-corrected chi connectivity index (χ4v) is 5.04. The summed E-state index contributed by atoms with van der Waals surface area (Å²) >= 11 is 0. The molecule has 2 aromatic heterocycles. The summed E-state index contributed by atoms with van der Waals surface area (Å²) in [4.78, 5) is 13.5. The molecule has 5 rings (SSSR count). The molecule has 0 saturated heterocycles. The Morgan fingerprint density at radius 1 is 0.950 bits per heavy atom. The number of sulfonamides is 1. The molecule has 2 heterocycles. The Kier molecular flexibility index (Phi) is 7.82. The van der Waals surface area contributed by atoms with E-state index in [2.05, 4.69) is 15.3 Å². The first-order valence-corrected chi connectivity index (χ1v) is 13.8. The molecule has 0 bridgehead atoms. The fraction of sp³-hybridized carbons (Fsp3) is 0.185. The maximum atomic E-state index is 13.5.